The topological polar surface area (TPSA) is 15.3 Å². The van der Waals surface area contributed by atoms with Crippen LogP contribution in [-0.2, 0) is 0 Å². The first-order valence-corrected chi connectivity index (χ1v) is 4.57. The summed E-state index contributed by atoms with van der Waals surface area (Å²) in [5, 5.41) is 3.36. The molecular formula is C9H12N2S. The fourth-order valence-electron chi connectivity index (χ4n) is 1.42. The summed E-state index contributed by atoms with van der Waals surface area (Å²) in [7, 11) is 0. The molecule has 1 heterocycles. The largest absolute Gasteiger partial charge is 0.383 e. The number of para-hydroxylation sites is 2. The maximum Gasteiger partial charge on any atom is 0.0699 e. The minimum absolute atomic E-state index is 1.01. The third kappa shape index (κ3) is 1.37. The van der Waals surface area contributed by atoms with Gasteiger partial charge in [0.1, 0.15) is 0 Å². The van der Waals surface area contributed by atoms with Gasteiger partial charge in [-0.15, -0.1) is 0 Å². The zero-order chi connectivity index (χ0) is 8.39. The summed E-state index contributed by atoms with van der Waals surface area (Å²) in [6, 6.07) is 8.25. The number of hydrogen-bond acceptors (Lipinski definition) is 3. The van der Waals surface area contributed by atoms with Crippen molar-refractivity contribution in [2.45, 2.75) is 6.42 Å². The minimum Gasteiger partial charge on any atom is -0.383 e. The van der Waals surface area contributed by atoms with Crippen LogP contribution in [0.3, 0.4) is 0 Å². The summed E-state index contributed by atoms with van der Waals surface area (Å²) in [5.74, 6) is 0. The molecule has 3 heteroatoms. The van der Waals surface area contributed by atoms with Gasteiger partial charge in [-0.3, -0.25) is 0 Å². The van der Waals surface area contributed by atoms with Gasteiger partial charge in [0.2, 0.25) is 0 Å². The van der Waals surface area contributed by atoms with Crippen LogP contribution in [0.5, 0.6) is 0 Å². The Bertz CT molecular complexity index is 275. The lowest BCUT2D eigenvalue weighted by Crippen LogP contribution is -2.10. The number of anilines is 2. The summed E-state index contributed by atoms with van der Waals surface area (Å²) in [6.07, 6.45) is 1.14. The van der Waals surface area contributed by atoms with Crippen LogP contribution in [0.1, 0.15) is 6.42 Å². The second kappa shape index (κ2) is 3.27. The number of benzene rings is 1. The third-order valence-electron chi connectivity index (χ3n) is 2.04. The molecule has 0 saturated heterocycles. The standard InChI is InChI=1S/C9H12N2S/c12-11-7-3-6-10-8-4-1-2-5-9(8)11/h1-2,4-5,10,12H,3,6-7H2. The van der Waals surface area contributed by atoms with E-state index >= 15 is 0 Å². The van der Waals surface area contributed by atoms with E-state index in [2.05, 4.69) is 30.3 Å². The van der Waals surface area contributed by atoms with Gasteiger partial charge in [0.25, 0.3) is 0 Å². The number of hydrogen-bond donors (Lipinski definition) is 2. The fraction of sp³-hybridized carbons (Fsp3) is 0.333. The Morgan fingerprint density at radius 2 is 2.17 bits per heavy atom. The molecular weight excluding hydrogens is 168 g/mol. The molecule has 1 aliphatic heterocycles. The van der Waals surface area contributed by atoms with Gasteiger partial charge in [-0.1, -0.05) is 24.9 Å². The zero-order valence-corrected chi connectivity index (χ0v) is 7.72. The number of fused-ring (bicyclic) bond motifs is 1. The molecule has 2 rings (SSSR count). The van der Waals surface area contributed by atoms with Gasteiger partial charge in [0.05, 0.1) is 11.4 Å². The van der Waals surface area contributed by atoms with Crippen LogP contribution in [0.4, 0.5) is 11.4 Å². The molecule has 1 aromatic carbocycles. The molecule has 2 nitrogen and oxygen atoms in total. The van der Waals surface area contributed by atoms with Gasteiger partial charge < -0.3 is 9.62 Å². The smallest absolute Gasteiger partial charge is 0.0699 e. The first-order chi connectivity index (χ1) is 5.88. The fourth-order valence-corrected chi connectivity index (χ4v) is 1.74. The maximum absolute atomic E-state index is 4.40. The molecule has 0 radical (unpaired) electrons. The lowest BCUT2D eigenvalue weighted by Gasteiger charge is -2.16. The van der Waals surface area contributed by atoms with Crippen LogP contribution < -0.4 is 9.62 Å². The molecule has 0 fully saturated rings. The Morgan fingerprint density at radius 1 is 1.33 bits per heavy atom. The first kappa shape index (κ1) is 7.80. The van der Waals surface area contributed by atoms with E-state index in [1.165, 1.54) is 11.4 Å². The highest BCUT2D eigenvalue weighted by Gasteiger charge is 2.10. The van der Waals surface area contributed by atoms with Crippen LogP contribution >= 0.6 is 12.8 Å². The van der Waals surface area contributed by atoms with Crippen molar-refractivity contribution in [3.8, 4) is 0 Å². The highest BCUT2D eigenvalue weighted by molar-refractivity contribution is 7.81. The van der Waals surface area contributed by atoms with Gasteiger partial charge in [-0.25, -0.2) is 0 Å². The van der Waals surface area contributed by atoms with E-state index in [4.69, 9.17) is 0 Å². The molecule has 1 N–H and O–H groups in total. The number of rotatable bonds is 0. The normalized spacial score (nSPS) is 16.2. The van der Waals surface area contributed by atoms with Gasteiger partial charge >= 0.3 is 0 Å². The number of nitrogens with zero attached hydrogens (tertiary/aromatic N) is 1. The maximum atomic E-state index is 4.40. The van der Waals surface area contributed by atoms with Crippen molar-refractivity contribution in [3.63, 3.8) is 0 Å². The van der Waals surface area contributed by atoms with Gasteiger partial charge in [0, 0.05) is 13.1 Å². The minimum atomic E-state index is 1.01. The number of thiol groups is 1. The van der Waals surface area contributed by atoms with E-state index in [-0.39, 0.29) is 0 Å². The highest BCUT2D eigenvalue weighted by atomic mass is 32.1. The Kier molecular flexibility index (Phi) is 2.13. The van der Waals surface area contributed by atoms with E-state index in [1.807, 2.05) is 16.4 Å². The van der Waals surface area contributed by atoms with Crippen molar-refractivity contribution in [3.05, 3.63) is 24.3 Å². The summed E-state index contributed by atoms with van der Waals surface area (Å²) >= 11 is 4.40. The highest BCUT2D eigenvalue weighted by Crippen LogP contribution is 2.28. The Morgan fingerprint density at radius 3 is 3.08 bits per heavy atom. The van der Waals surface area contributed by atoms with E-state index in [1.54, 1.807) is 0 Å². The van der Waals surface area contributed by atoms with Crippen LogP contribution in [-0.4, -0.2) is 13.1 Å². The van der Waals surface area contributed by atoms with Crippen LogP contribution in [0, 0.1) is 0 Å². The van der Waals surface area contributed by atoms with Crippen molar-refractivity contribution < 1.29 is 0 Å². The van der Waals surface area contributed by atoms with Crippen molar-refractivity contribution >= 4 is 24.2 Å². The van der Waals surface area contributed by atoms with E-state index in [0.29, 0.717) is 0 Å². The quantitative estimate of drug-likeness (QED) is 0.595. The Balaban J connectivity index is 2.39. The average Bonchev–Trinajstić information content (AvgIpc) is 2.29. The van der Waals surface area contributed by atoms with Crippen LogP contribution in [0.15, 0.2) is 24.3 Å². The molecule has 0 bridgehead atoms. The predicted molar refractivity (Wildman–Crippen MR) is 55.9 cm³/mol. The summed E-state index contributed by atoms with van der Waals surface area (Å²) in [5.41, 5.74) is 2.36. The van der Waals surface area contributed by atoms with E-state index in [0.717, 1.165) is 19.5 Å². The SMILES string of the molecule is SN1CCCNc2ccccc21. The predicted octanol–water partition coefficient (Wildman–Crippen LogP) is 2.15. The summed E-state index contributed by atoms with van der Waals surface area (Å²) in [4.78, 5) is 0. The molecule has 0 aromatic heterocycles. The van der Waals surface area contributed by atoms with E-state index < -0.39 is 0 Å². The average molecular weight is 180 g/mol. The molecule has 12 heavy (non-hydrogen) atoms. The lowest BCUT2D eigenvalue weighted by atomic mass is 10.2. The van der Waals surface area contributed by atoms with Crippen molar-refractivity contribution in [1.29, 1.82) is 0 Å². The molecule has 1 aliphatic rings. The van der Waals surface area contributed by atoms with Crippen LogP contribution in [0.2, 0.25) is 0 Å². The second-order valence-electron chi connectivity index (χ2n) is 2.92. The van der Waals surface area contributed by atoms with Crippen molar-refractivity contribution in [2.24, 2.45) is 0 Å². The summed E-state index contributed by atoms with van der Waals surface area (Å²) < 4.78 is 2.00. The van der Waals surface area contributed by atoms with Crippen LogP contribution in [0.25, 0.3) is 0 Å². The van der Waals surface area contributed by atoms with Crippen molar-refractivity contribution in [2.75, 3.05) is 22.7 Å². The molecule has 0 aliphatic carbocycles. The second-order valence-corrected chi connectivity index (χ2v) is 3.40. The zero-order valence-electron chi connectivity index (χ0n) is 6.83. The molecule has 0 amide bonds. The number of nitrogens with one attached hydrogen (secondary N) is 1. The van der Waals surface area contributed by atoms with E-state index in [9.17, 15) is 0 Å². The molecule has 64 valence electrons. The molecule has 1 aromatic rings. The third-order valence-corrected chi connectivity index (χ3v) is 2.46. The molecule has 0 spiro atoms. The van der Waals surface area contributed by atoms with Gasteiger partial charge in [-0.2, -0.15) is 0 Å². The monoisotopic (exact) mass is 180 g/mol. The first-order valence-electron chi connectivity index (χ1n) is 4.17. The summed E-state index contributed by atoms with van der Waals surface area (Å²) in [6.45, 7) is 2.04. The lowest BCUT2D eigenvalue weighted by molar-refractivity contribution is 0.898. The molecule has 0 saturated carbocycles. The Labute approximate surface area is 78.1 Å². The Hall–Kier alpha value is -0.830. The van der Waals surface area contributed by atoms with Gasteiger partial charge in [-0.05, 0) is 18.6 Å². The van der Waals surface area contributed by atoms with Gasteiger partial charge in [0.15, 0.2) is 0 Å². The van der Waals surface area contributed by atoms with Crippen molar-refractivity contribution in [1.82, 2.24) is 0 Å². The molecule has 0 atom stereocenters. The molecule has 0 unspecified atom stereocenters.